The highest BCUT2D eigenvalue weighted by Crippen LogP contribution is 2.18. The van der Waals surface area contributed by atoms with E-state index in [1.54, 1.807) is 12.1 Å². The molecular weight excluding hydrogens is 249 g/mol. The van der Waals surface area contributed by atoms with E-state index >= 15 is 0 Å². The third kappa shape index (κ3) is 2.26. The Hall–Kier alpha value is -1.32. The second kappa shape index (κ2) is 4.68. The summed E-state index contributed by atoms with van der Waals surface area (Å²) in [6.45, 7) is 0. The first-order chi connectivity index (χ1) is 7.68. The van der Waals surface area contributed by atoms with Gasteiger partial charge in [0.05, 0.1) is 11.1 Å². The predicted octanol–water partition coefficient (Wildman–Crippen LogP) is 3.15. The van der Waals surface area contributed by atoms with Gasteiger partial charge in [0.1, 0.15) is 0 Å². The molecule has 2 rings (SSSR count). The molecule has 1 heterocycles. The molecule has 0 aliphatic rings. The zero-order valence-electron chi connectivity index (χ0n) is 8.06. The van der Waals surface area contributed by atoms with Crippen molar-refractivity contribution in [3.63, 3.8) is 0 Å². The maximum atomic E-state index is 11.7. The minimum atomic E-state index is -1.17. The van der Waals surface area contributed by atoms with E-state index < -0.39 is 11.0 Å². The van der Waals surface area contributed by atoms with Gasteiger partial charge in [-0.25, -0.2) is 4.79 Å². The molecule has 0 N–H and O–H groups in total. The standard InChI is InChI=1S/C11H7Cl2NO2/c12-11(13)16-10(15)8-5-6-14-9-4-2-1-3-7(8)9/h1-6,11H. The van der Waals surface area contributed by atoms with Crippen LogP contribution in [0.5, 0.6) is 0 Å². The fourth-order valence-corrected chi connectivity index (χ4v) is 1.58. The normalized spacial score (nSPS) is 10.7. The van der Waals surface area contributed by atoms with E-state index in [-0.39, 0.29) is 0 Å². The van der Waals surface area contributed by atoms with Crippen LogP contribution < -0.4 is 0 Å². The van der Waals surface area contributed by atoms with Crippen molar-refractivity contribution in [2.75, 3.05) is 0 Å². The smallest absolute Gasteiger partial charge is 0.341 e. The lowest BCUT2D eigenvalue weighted by Gasteiger charge is -2.06. The number of para-hydroxylation sites is 1. The quantitative estimate of drug-likeness (QED) is 0.612. The fourth-order valence-electron chi connectivity index (χ4n) is 1.42. The first-order valence-corrected chi connectivity index (χ1v) is 5.38. The van der Waals surface area contributed by atoms with Crippen molar-refractivity contribution >= 4 is 40.1 Å². The summed E-state index contributed by atoms with van der Waals surface area (Å²) in [5.74, 6) is -0.561. The van der Waals surface area contributed by atoms with Crippen LogP contribution in [-0.4, -0.2) is 16.0 Å². The van der Waals surface area contributed by atoms with E-state index in [9.17, 15) is 4.79 Å². The average Bonchev–Trinajstić information content (AvgIpc) is 2.27. The largest absolute Gasteiger partial charge is 0.428 e. The number of hydrogen-bond acceptors (Lipinski definition) is 3. The molecule has 3 nitrogen and oxygen atoms in total. The van der Waals surface area contributed by atoms with Gasteiger partial charge in [0.25, 0.3) is 5.02 Å². The second-order valence-electron chi connectivity index (χ2n) is 3.04. The third-order valence-electron chi connectivity index (χ3n) is 2.07. The molecule has 0 unspecified atom stereocenters. The van der Waals surface area contributed by atoms with Crippen molar-refractivity contribution in [1.82, 2.24) is 4.98 Å². The number of esters is 1. The molecule has 5 heteroatoms. The molecule has 0 atom stereocenters. The Kier molecular flexibility index (Phi) is 3.27. The zero-order chi connectivity index (χ0) is 11.5. The van der Waals surface area contributed by atoms with Crippen molar-refractivity contribution in [2.45, 2.75) is 5.02 Å². The minimum Gasteiger partial charge on any atom is -0.428 e. The van der Waals surface area contributed by atoms with Crippen LogP contribution in [0.4, 0.5) is 0 Å². The first-order valence-electron chi connectivity index (χ1n) is 4.51. The number of ether oxygens (including phenoxy) is 1. The highest BCUT2D eigenvalue weighted by Gasteiger charge is 2.14. The number of fused-ring (bicyclic) bond motifs is 1. The SMILES string of the molecule is O=C(OC(Cl)Cl)c1ccnc2ccccc12. The number of carbonyl (C=O) groups excluding carboxylic acids is 1. The molecule has 2 aromatic rings. The lowest BCUT2D eigenvalue weighted by atomic mass is 10.1. The third-order valence-corrected chi connectivity index (χ3v) is 2.24. The van der Waals surface area contributed by atoms with Crippen LogP contribution in [0.25, 0.3) is 10.9 Å². The number of nitrogens with zero attached hydrogens (tertiary/aromatic N) is 1. The van der Waals surface area contributed by atoms with Crippen LogP contribution in [0, 0.1) is 0 Å². The lowest BCUT2D eigenvalue weighted by Crippen LogP contribution is -2.08. The Balaban J connectivity index is 2.48. The van der Waals surface area contributed by atoms with E-state index in [1.807, 2.05) is 18.2 Å². The van der Waals surface area contributed by atoms with Crippen molar-refractivity contribution < 1.29 is 9.53 Å². The average molecular weight is 256 g/mol. The van der Waals surface area contributed by atoms with E-state index in [4.69, 9.17) is 27.9 Å². The molecular formula is C11H7Cl2NO2. The second-order valence-corrected chi connectivity index (χ2v) is 4.06. The Bertz CT molecular complexity index is 523. The summed E-state index contributed by atoms with van der Waals surface area (Å²) >= 11 is 10.8. The van der Waals surface area contributed by atoms with Crippen LogP contribution in [0.15, 0.2) is 36.5 Å². The summed E-state index contributed by atoms with van der Waals surface area (Å²) < 4.78 is 4.71. The molecule has 0 spiro atoms. The molecule has 82 valence electrons. The van der Waals surface area contributed by atoms with Gasteiger partial charge in [-0.15, -0.1) is 0 Å². The monoisotopic (exact) mass is 255 g/mol. The van der Waals surface area contributed by atoms with Crippen LogP contribution in [-0.2, 0) is 4.74 Å². The molecule has 0 fully saturated rings. The number of hydrogen-bond donors (Lipinski definition) is 0. The molecule has 0 saturated heterocycles. The lowest BCUT2D eigenvalue weighted by molar-refractivity contribution is 0.0538. The summed E-state index contributed by atoms with van der Waals surface area (Å²) in [7, 11) is 0. The number of rotatable bonds is 2. The molecule has 0 bridgehead atoms. The summed E-state index contributed by atoms with van der Waals surface area (Å²) in [5, 5.41) is -0.455. The number of aromatic nitrogens is 1. The van der Waals surface area contributed by atoms with Crippen molar-refractivity contribution in [2.24, 2.45) is 0 Å². The number of pyridine rings is 1. The van der Waals surface area contributed by atoms with E-state index in [2.05, 4.69) is 4.98 Å². The van der Waals surface area contributed by atoms with E-state index in [0.717, 1.165) is 5.52 Å². The molecule has 0 saturated carbocycles. The van der Waals surface area contributed by atoms with E-state index in [0.29, 0.717) is 10.9 Å². The van der Waals surface area contributed by atoms with Crippen LogP contribution in [0.1, 0.15) is 10.4 Å². The Morgan fingerprint density at radius 1 is 1.25 bits per heavy atom. The number of carbonyl (C=O) groups is 1. The molecule has 0 aliphatic carbocycles. The maximum Gasteiger partial charge on any atom is 0.341 e. The minimum absolute atomic E-state index is 0.400. The van der Waals surface area contributed by atoms with Crippen LogP contribution >= 0.6 is 23.2 Å². The molecule has 1 aromatic carbocycles. The molecule has 0 radical (unpaired) electrons. The molecule has 0 aliphatic heterocycles. The van der Waals surface area contributed by atoms with E-state index in [1.165, 1.54) is 6.20 Å². The number of alkyl halides is 2. The van der Waals surface area contributed by atoms with Crippen LogP contribution in [0.2, 0.25) is 0 Å². The first kappa shape index (κ1) is 11.2. The Morgan fingerprint density at radius 2 is 2.00 bits per heavy atom. The van der Waals surface area contributed by atoms with Gasteiger partial charge in [-0.3, -0.25) is 4.98 Å². The summed E-state index contributed by atoms with van der Waals surface area (Å²) in [6, 6.07) is 8.83. The highest BCUT2D eigenvalue weighted by molar-refractivity contribution is 6.43. The van der Waals surface area contributed by atoms with Crippen molar-refractivity contribution in [1.29, 1.82) is 0 Å². The molecule has 16 heavy (non-hydrogen) atoms. The van der Waals surface area contributed by atoms with Gasteiger partial charge >= 0.3 is 5.97 Å². The van der Waals surface area contributed by atoms with Crippen LogP contribution in [0.3, 0.4) is 0 Å². The number of halogens is 2. The van der Waals surface area contributed by atoms with Crippen molar-refractivity contribution in [3.05, 3.63) is 42.1 Å². The van der Waals surface area contributed by atoms with Gasteiger partial charge in [-0.1, -0.05) is 41.4 Å². The molecule has 0 amide bonds. The predicted molar refractivity (Wildman–Crippen MR) is 62.7 cm³/mol. The van der Waals surface area contributed by atoms with Gasteiger partial charge in [-0.2, -0.15) is 0 Å². The van der Waals surface area contributed by atoms with Gasteiger partial charge in [-0.05, 0) is 12.1 Å². The zero-order valence-corrected chi connectivity index (χ0v) is 9.57. The van der Waals surface area contributed by atoms with Crippen molar-refractivity contribution in [3.8, 4) is 0 Å². The Labute approximate surface area is 102 Å². The van der Waals surface area contributed by atoms with Gasteiger partial charge < -0.3 is 4.74 Å². The van der Waals surface area contributed by atoms with Gasteiger partial charge in [0.2, 0.25) is 0 Å². The summed E-state index contributed by atoms with van der Waals surface area (Å²) in [4.78, 5) is 15.8. The fraction of sp³-hybridized carbons (Fsp3) is 0.0909. The summed E-state index contributed by atoms with van der Waals surface area (Å²) in [5.41, 5.74) is 1.12. The van der Waals surface area contributed by atoms with Gasteiger partial charge in [0.15, 0.2) is 0 Å². The maximum absolute atomic E-state index is 11.7. The van der Waals surface area contributed by atoms with Gasteiger partial charge in [0, 0.05) is 11.6 Å². The topological polar surface area (TPSA) is 39.2 Å². The number of benzene rings is 1. The molecule has 1 aromatic heterocycles. The summed E-state index contributed by atoms with van der Waals surface area (Å²) in [6.07, 6.45) is 1.54. The Morgan fingerprint density at radius 3 is 2.75 bits per heavy atom. The highest BCUT2D eigenvalue weighted by atomic mass is 35.5.